The van der Waals surface area contributed by atoms with Crippen LogP contribution in [-0.2, 0) is 20.1 Å². The molecule has 154 valence electrons. The summed E-state index contributed by atoms with van der Waals surface area (Å²) in [6.45, 7) is 4.99. The molecule has 1 fully saturated rings. The van der Waals surface area contributed by atoms with Gasteiger partial charge in [0.25, 0.3) is 0 Å². The Kier molecular flexibility index (Phi) is 7.13. The standard InChI is InChI=1S/C23H36N4O/c1-17-6-9-20(23(12-17)28-5)15-26(3)16-21-13-22(25-27(21)4)19-10-7-18(8-11-19)14-24-2/h6,9,12-13,18-19,24H,7-8,10-11,14-16H2,1-5H3. The number of nitrogens with one attached hydrogen (secondary N) is 1. The largest absolute Gasteiger partial charge is 0.496 e. The van der Waals surface area contributed by atoms with Crippen LogP contribution in [0.5, 0.6) is 5.75 Å². The fourth-order valence-electron chi connectivity index (χ4n) is 4.43. The summed E-state index contributed by atoms with van der Waals surface area (Å²) in [5.74, 6) is 2.42. The van der Waals surface area contributed by atoms with Gasteiger partial charge < -0.3 is 10.1 Å². The van der Waals surface area contributed by atoms with E-state index in [2.05, 4.69) is 67.2 Å². The topological polar surface area (TPSA) is 42.3 Å². The first-order valence-corrected chi connectivity index (χ1v) is 10.5. The number of aryl methyl sites for hydroxylation is 2. The zero-order chi connectivity index (χ0) is 20.1. The van der Waals surface area contributed by atoms with Crippen molar-refractivity contribution in [3.05, 3.63) is 46.8 Å². The van der Waals surface area contributed by atoms with E-state index in [4.69, 9.17) is 9.84 Å². The Morgan fingerprint density at radius 3 is 2.61 bits per heavy atom. The molecule has 0 saturated heterocycles. The molecular formula is C23H36N4O. The smallest absolute Gasteiger partial charge is 0.123 e. The second-order valence-electron chi connectivity index (χ2n) is 8.45. The van der Waals surface area contributed by atoms with Crippen molar-refractivity contribution in [3.8, 4) is 5.75 Å². The van der Waals surface area contributed by atoms with Gasteiger partial charge in [0.15, 0.2) is 0 Å². The number of benzene rings is 1. The normalized spacial score (nSPS) is 19.9. The van der Waals surface area contributed by atoms with Gasteiger partial charge in [-0.3, -0.25) is 9.58 Å². The van der Waals surface area contributed by atoms with Crippen LogP contribution in [0.25, 0.3) is 0 Å². The van der Waals surface area contributed by atoms with Crippen LogP contribution in [0.4, 0.5) is 0 Å². The summed E-state index contributed by atoms with van der Waals surface area (Å²) in [4.78, 5) is 2.33. The molecule has 1 heterocycles. The molecule has 1 N–H and O–H groups in total. The molecule has 2 aromatic rings. The fraction of sp³-hybridized carbons (Fsp3) is 0.609. The lowest BCUT2D eigenvalue weighted by atomic mass is 9.80. The third-order valence-corrected chi connectivity index (χ3v) is 6.07. The molecule has 0 bridgehead atoms. The lowest BCUT2D eigenvalue weighted by Crippen LogP contribution is -2.23. The molecule has 0 radical (unpaired) electrons. The minimum absolute atomic E-state index is 0.621. The lowest BCUT2D eigenvalue weighted by Gasteiger charge is -2.27. The lowest BCUT2D eigenvalue weighted by molar-refractivity contribution is 0.301. The molecule has 0 unspecified atom stereocenters. The van der Waals surface area contributed by atoms with Gasteiger partial charge in [-0.15, -0.1) is 0 Å². The maximum Gasteiger partial charge on any atom is 0.123 e. The van der Waals surface area contributed by atoms with Crippen LogP contribution >= 0.6 is 0 Å². The van der Waals surface area contributed by atoms with Gasteiger partial charge in [0.2, 0.25) is 0 Å². The molecule has 1 aliphatic carbocycles. The monoisotopic (exact) mass is 384 g/mol. The Balaban J connectivity index is 1.61. The Morgan fingerprint density at radius 1 is 1.18 bits per heavy atom. The van der Waals surface area contributed by atoms with Crippen LogP contribution in [-0.4, -0.2) is 42.4 Å². The molecule has 5 nitrogen and oxygen atoms in total. The highest BCUT2D eigenvalue weighted by Crippen LogP contribution is 2.35. The zero-order valence-electron chi connectivity index (χ0n) is 18.2. The van der Waals surface area contributed by atoms with Gasteiger partial charge in [0.05, 0.1) is 18.5 Å². The average Bonchev–Trinajstić information content (AvgIpc) is 3.04. The first kappa shape index (κ1) is 20.9. The van der Waals surface area contributed by atoms with Crippen molar-refractivity contribution < 1.29 is 4.74 Å². The van der Waals surface area contributed by atoms with Gasteiger partial charge >= 0.3 is 0 Å². The first-order chi connectivity index (χ1) is 13.5. The molecule has 0 aliphatic heterocycles. The van der Waals surface area contributed by atoms with E-state index in [1.54, 1.807) is 7.11 Å². The van der Waals surface area contributed by atoms with Crippen LogP contribution in [0.1, 0.15) is 54.1 Å². The number of hydrogen-bond acceptors (Lipinski definition) is 4. The van der Waals surface area contributed by atoms with E-state index in [-0.39, 0.29) is 0 Å². The Bertz CT molecular complexity index is 762. The molecular weight excluding hydrogens is 348 g/mol. The summed E-state index contributed by atoms with van der Waals surface area (Å²) in [5, 5.41) is 8.18. The minimum atomic E-state index is 0.621. The van der Waals surface area contributed by atoms with Gasteiger partial charge in [-0.05, 0) is 76.9 Å². The van der Waals surface area contributed by atoms with E-state index in [0.717, 1.165) is 31.3 Å². The average molecular weight is 385 g/mol. The Labute approximate surface area is 170 Å². The van der Waals surface area contributed by atoms with E-state index < -0.39 is 0 Å². The zero-order valence-corrected chi connectivity index (χ0v) is 18.2. The summed E-state index contributed by atoms with van der Waals surface area (Å²) < 4.78 is 7.63. The highest BCUT2D eigenvalue weighted by atomic mass is 16.5. The molecule has 0 spiro atoms. The van der Waals surface area contributed by atoms with E-state index >= 15 is 0 Å². The van der Waals surface area contributed by atoms with Crippen molar-refractivity contribution in [2.45, 2.75) is 51.6 Å². The highest BCUT2D eigenvalue weighted by Gasteiger charge is 2.24. The molecule has 28 heavy (non-hydrogen) atoms. The van der Waals surface area contributed by atoms with Gasteiger partial charge in [-0.25, -0.2) is 0 Å². The summed E-state index contributed by atoms with van der Waals surface area (Å²) in [6.07, 6.45) is 5.15. The van der Waals surface area contributed by atoms with Crippen LogP contribution in [0.2, 0.25) is 0 Å². The molecule has 5 heteroatoms. The van der Waals surface area contributed by atoms with E-state index in [1.807, 2.05) is 0 Å². The third kappa shape index (κ3) is 5.15. The van der Waals surface area contributed by atoms with E-state index in [0.29, 0.717) is 5.92 Å². The molecule has 0 atom stereocenters. The summed E-state index contributed by atoms with van der Waals surface area (Å²) in [5.41, 5.74) is 5.01. The quantitative estimate of drug-likeness (QED) is 0.750. The third-order valence-electron chi connectivity index (χ3n) is 6.07. The number of hydrogen-bond donors (Lipinski definition) is 1. The molecule has 0 amide bonds. The molecule has 1 saturated carbocycles. The van der Waals surface area contributed by atoms with Crippen molar-refractivity contribution in [1.29, 1.82) is 0 Å². The van der Waals surface area contributed by atoms with E-state index in [9.17, 15) is 0 Å². The van der Waals surface area contributed by atoms with Crippen LogP contribution in [0.3, 0.4) is 0 Å². The Hall–Kier alpha value is -1.85. The summed E-state index contributed by atoms with van der Waals surface area (Å²) in [6, 6.07) is 8.75. The van der Waals surface area contributed by atoms with Crippen molar-refractivity contribution in [2.75, 3.05) is 27.7 Å². The van der Waals surface area contributed by atoms with Crippen molar-refractivity contribution in [1.82, 2.24) is 20.0 Å². The SMILES string of the molecule is CNCC1CCC(c2cc(CN(C)Cc3ccc(C)cc3OC)n(C)n2)CC1. The van der Waals surface area contributed by atoms with Gasteiger partial charge in [-0.2, -0.15) is 5.10 Å². The van der Waals surface area contributed by atoms with Crippen molar-refractivity contribution in [2.24, 2.45) is 13.0 Å². The van der Waals surface area contributed by atoms with Gasteiger partial charge in [0.1, 0.15) is 5.75 Å². The maximum atomic E-state index is 5.56. The Morgan fingerprint density at radius 2 is 1.93 bits per heavy atom. The van der Waals surface area contributed by atoms with Gasteiger partial charge in [-0.1, -0.05) is 12.1 Å². The fourth-order valence-corrected chi connectivity index (χ4v) is 4.43. The predicted molar refractivity (Wildman–Crippen MR) is 115 cm³/mol. The number of aromatic nitrogens is 2. The van der Waals surface area contributed by atoms with Gasteiger partial charge in [0, 0.05) is 31.6 Å². The second-order valence-corrected chi connectivity index (χ2v) is 8.45. The minimum Gasteiger partial charge on any atom is -0.496 e. The maximum absolute atomic E-state index is 5.56. The molecule has 1 aromatic heterocycles. The number of methoxy groups -OCH3 is 1. The van der Waals surface area contributed by atoms with Crippen molar-refractivity contribution >= 4 is 0 Å². The summed E-state index contributed by atoms with van der Waals surface area (Å²) in [7, 11) is 8.04. The number of nitrogens with zero attached hydrogens (tertiary/aromatic N) is 3. The van der Waals surface area contributed by atoms with E-state index in [1.165, 1.54) is 48.2 Å². The number of ether oxygens (including phenoxy) is 1. The second kappa shape index (κ2) is 9.57. The predicted octanol–water partition coefficient (Wildman–Crippen LogP) is 3.86. The van der Waals surface area contributed by atoms with Crippen molar-refractivity contribution in [3.63, 3.8) is 0 Å². The molecule has 3 rings (SSSR count). The van der Waals surface area contributed by atoms with Crippen LogP contribution < -0.4 is 10.1 Å². The first-order valence-electron chi connectivity index (χ1n) is 10.5. The highest BCUT2D eigenvalue weighted by molar-refractivity contribution is 5.37. The summed E-state index contributed by atoms with van der Waals surface area (Å²) >= 11 is 0. The molecule has 1 aromatic carbocycles. The number of rotatable bonds is 8. The van der Waals surface area contributed by atoms with Crippen LogP contribution in [0, 0.1) is 12.8 Å². The molecule has 1 aliphatic rings. The van der Waals surface area contributed by atoms with Crippen LogP contribution in [0.15, 0.2) is 24.3 Å².